The van der Waals surface area contributed by atoms with Crippen LogP contribution in [0.5, 0.6) is 0 Å². The largest absolute Gasteiger partial charge is 0.481 e. The number of oxazole rings is 1. The van der Waals surface area contributed by atoms with Crippen LogP contribution < -0.4 is 5.32 Å². The Balaban J connectivity index is 2.11. The fraction of sp³-hybridized carbons (Fsp3) is 0.583. The predicted octanol–water partition coefficient (Wildman–Crippen LogP) is 1.42. The van der Waals surface area contributed by atoms with Crippen molar-refractivity contribution in [2.75, 3.05) is 0 Å². The third-order valence-corrected chi connectivity index (χ3v) is 3.29. The normalized spacial score (nSPS) is 17.0. The van der Waals surface area contributed by atoms with Gasteiger partial charge in [0, 0.05) is 6.92 Å². The van der Waals surface area contributed by atoms with Gasteiger partial charge < -0.3 is 14.8 Å². The second-order valence-corrected chi connectivity index (χ2v) is 4.81. The number of aromatic nitrogens is 1. The van der Waals surface area contributed by atoms with Crippen molar-refractivity contribution in [1.82, 2.24) is 10.3 Å². The molecule has 1 aromatic rings. The van der Waals surface area contributed by atoms with Crippen LogP contribution >= 0.6 is 0 Å². The van der Waals surface area contributed by atoms with E-state index in [1.807, 2.05) is 0 Å². The van der Waals surface area contributed by atoms with Crippen molar-refractivity contribution in [3.63, 3.8) is 0 Å². The highest BCUT2D eigenvalue weighted by atomic mass is 16.4. The van der Waals surface area contributed by atoms with Gasteiger partial charge in [-0.3, -0.25) is 9.59 Å². The molecule has 0 bridgehead atoms. The van der Waals surface area contributed by atoms with Gasteiger partial charge in [0.15, 0.2) is 5.89 Å². The van der Waals surface area contributed by atoms with Gasteiger partial charge >= 0.3 is 5.97 Å². The fourth-order valence-electron chi connectivity index (χ4n) is 2.28. The third kappa shape index (κ3) is 2.37. The first kappa shape index (κ1) is 12.6. The highest BCUT2D eigenvalue weighted by Gasteiger charge is 2.41. The van der Waals surface area contributed by atoms with Crippen molar-refractivity contribution < 1.29 is 19.1 Å². The lowest BCUT2D eigenvalue weighted by Crippen LogP contribution is -2.54. The van der Waals surface area contributed by atoms with E-state index in [4.69, 9.17) is 9.52 Å². The molecule has 1 aromatic heterocycles. The zero-order valence-electron chi connectivity index (χ0n) is 10.4. The topological polar surface area (TPSA) is 92.4 Å². The number of aliphatic carboxylic acids is 1. The maximum absolute atomic E-state index is 12.0. The molecule has 0 aliphatic heterocycles. The lowest BCUT2D eigenvalue weighted by molar-refractivity contribution is -0.139. The standard InChI is InChI=1S/C12H16N2O4/c1-7-10(18-8(2)13-7)11(17)14-12(4-3-5-12)6-9(15)16/h3-6H2,1-2H3,(H,14,17)(H,15,16). The molecular weight excluding hydrogens is 236 g/mol. The number of nitrogens with zero attached hydrogens (tertiary/aromatic N) is 1. The first-order chi connectivity index (χ1) is 8.42. The molecule has 0 unspecified atom stereocenters. The Morgan fingerprint density at radius 2 is 2.11 bits per heavy atom. The van der Waals surface area contributed by atoms with Crippen molar-refractivity contribution >= 4 is 11.9 Å². The van der Waals surface area contributed by atoms with Gasteiger partial charge in [0.2, 0.25) is 5.76 Å². The lowest BCUT2D eigenvalue weighted by atomic mass is 9.74. The van der Waals surface area contributed by atoms with Crippen molar-refractivity contribution in [3.8, 4) is 0 Å². The number of hydrogen-bond donors (Lipinski definition) is 2. The van der Waals surface area contributed by atoms with E-state index in [2.05, 4.69) is 10.3 Å². The van der Waals surface area contributed by atoms with Gasteiger partial charge in [-0.1, -0.05) is 0 Å². The van der Waals surface area contributed by atoms with Crippen molar-refractivity contribution in [2.24, 2.45) is 0 Å². The zero-order valence-corrected chi connectivity index (χ0v) is 10.4. The summed E-state index contributed by atoms with van der Waals surface area (Å²) in [5.41, 5.74) is -0.0921. The molecular formula is C12H16N2O4. The second-order valence-electron chi connectivity index (χ2n) is 4.81. The zero-order chi connectivity index (χ0) is 13.3. The predicted molar refractivity (Wildman–Crippen MR) is 62.3 cm³/mol. The minimum Gasteiger partial charge on any atom is -0.481 e. The van der Waals surface area contributed by atoms with Gasteiger partial charge in [0.25, 0.3) is 5.91 Å². The van der Waals surface area contributed by atoms with Gasteiger partial charge in [0.1, 0.15) is 0 Å². The van der Waals surface area contributed by atoms with Crippen molar-refractivity contribution in [3.05, 3.63) is 17.3 Å². The molecule has 6 heteroatoms. The van der Waals surface area contributed by atoms with Gasteiger partial charge in [-0.2, -0.15) is 0 Å². The number of hydrogen-bond acceptors (Lipinski definition) is 4. The summed E-state index contributed by atoms with van der Waals surface area (Å²) in [5.74, 6) is -0.683. The molecule has 2 rings (SSSR count). The van der Waals surface area contributed by atoms with E-state index < -0.39 is 11.5 Å². The van der Waals surface area contributed by atoms with Gasteiger partial charge in [-0.15, -0.1) is 0 Å². The van der Waals surface area contributed by atoms with E-state index in [0.717, 1.165) is 6.42 Å². The molecule has 1 fully saturated rings. The summed E-state index contributed by atoms with van der Waals surface area (Å²) >= 11 is 0. The smallest absolute Gasteiger partial charge is 0.305 e. The monoisotopic (exact) mass is 252 g/mol. The van der Waals surface area contributed by atoms with Crippen LogP contribution in [0.2, 0.25) is 0 Å². The SMILES string of the molecule is Cc1nc(C)c(C(=O)NC2(CC(=O)O)CCC2)o1. The van der Waals surface area contributed by atoms with E-state index in [0.29, 0.717) is 24.4 Å². The van der Waals surface area contributed by atoms with Crippen LogP contribution in [-0.2, 0) is 4.79 Å². The highest BCUT2D eigenvalue weighted by Crippen LogP contribution is 2.35. The van der Waals surface area contributed by atoms with Crippen molar-refractivity contribution in [1.29, 1.82) is 0 Å². The van der Waals surface area contributed by atoms with Crippen LogP contribution in [0.15, 0.2) is 4.42 Å². The molecule has 0 saturated heterocycles. The third-order valence-electron chi connectivity index (χ3n) is 3.29. The summed E-state index contributed by atoms with van der Waals surface area (Å²) in [4.78, 5) is 26.9. The number of aryl methyl sites for hydroxylation is 2. The Labute approximate surface area is 104 Å². The molecule has 98 valence electrons. The summed E-state index contributed by atoms with van der Waals surface area (Å²) in [6, 6.07) is 0. The number of carbonyl (C=O) groups excluding carboxylic acids is 1. The molecule has 6 nitrogen and oxygen atoms in total. The maximum Gasteiger partial charge on any atom is 0.305 e. The molecule has 1 heterocycles. The van der Waals surface area contributed by atoms with Gasteiger partial charge in [0.05, 0.1) is 17.7 Å². The molecule has 18 heavy (non-hydrogen) atoms. The second kappa shape index (κ2) is 4.44. The first-order valence-corrected chi connectivity index (χ1v) is 5.90. The summed E-state index contributed by atoms with van der Waals surface area (Å²) in [7, 11) is 0. The van der Waals surface area contributed by atoms with Crippen LogP contribution in [0.25, 0.3) is 0 Å². The Hall–Kier alpha value is -1.85. The van der Waals surface area contributed by atoms with E-state index >= 15 is 0 Å². The Bertz CT molecular complexity index is 488. The number of amides is 1. The summed E-state index contributed by atoms with van der Waals surface area (Å²) < 4.78 is 5.22. The molecule has 0 atom stereocenters. The Morgan fingerprint density at radius 3 is 2.50 bits per heavy atom. The van der Waals surface area contributed by atoms with E-state index in [1.54, 1.807) is 13.8 Å². The van der Waals surface area contributed by atoms with Gasteiger partial charge in [-0.05, 0) is 26.2 Å². The Morgan fingerprint density at radius 1 is 1.44 bits per heavy atom. The average Bonchev–Trinajstić information content (AvgIpc) is 2.53. The summed E-state index contributed by atoms with van der Waals surface area (Å²) in [5, 5.41) is 11.6. The number of carbonyl (C=O) groups is 2. The van der Waals surface area contributed by atoms with E-state index in [-0.39, 0.29) is 18.1 Å². The van der Waals surface area contributed by atoms with Crippen LogP contribution in [0.3, 0.4) is 0 Å². The van der Waals surface area contributed by atoms with Crippen LogP contribution in [0, 0.1) is 13.8 Å². The summed E-state index contributed by atoms with van der Waals surface area (Å²) in [6.07, 6.45) is 2.27. The molecule has 1 amide bonds. The Kier molecular flexibility index (Phi) is 3.11. The van der Waals surface area contributed by atoms with Gasteiger partial charge in [-0.25, -0.2) is 4.98 Å². The molecule has 0 aromatic carbocycles. The number of carboxylic acids is 1. The van der Waals surface area contributed by atoms with Crippen LogP contribution in [-0.4, -0.2) is 27.5 Å². The fourth-order valence-corrected chi connectivity index (χ4v) is 2.28. The molecule has 1 aliphatic carbocycles. The lowest BCUT2D eigenvalue weighted by Gasteiger charge is -2.41. The maximum atomic E-state index is 12.0. The van der Waals surface area contributed by atoms with Crippen LogP contribution in [0.1, 0.15) is 47.8 Å². The van der Waals surface area contributed by atoms with E-state index in [1.165, 1.54) is 0 Å². The highest BCUT2D eigenvalue weighted by molar-refractivity contribution is 5.93. The first-order valence-electron chi connectivity index (χ1n) is 5.90. The van der Waals surface area contributed by atoms with Crippen LogP contribution in [0.4, 0.5) is 0 Å². The number of rotatable bonds is 4. The van der Waals surface area contributed by atoms with E-state index in [9.17, 15) is 9.59 Å². The number of nitrogens with one attached hydrogen (secondary N) is 1. The quantitative estimate of drug-likeness (QED) is 0.845. The minimum absolute atomic E-state index is 0.0507. The molecule has 0 spiro atoms. The molecule has 1 saturated carbocycles. The molecule has 1 aliphatic rings. The number of carboxylic acid groups (broad SMARTS) is 1. The molecule has 2 N–H and O–H groups in total. The van der Waals surface area contributed by atoms with Crippen molar-refractivity contribution in [2.45, 2.75) is 45.1 Å². The summed E-state index contributed by atoms with van der Waals surface area (Å²) in [6.45, 7) is 3.36. The average molecular weight is 252 g/mol. The molecule has 0 radical (unpaired) electrons. The minimum atomic E-state index is -0.902.